The summed E-state index contributed by atoms with van der Waals surface area (Å²) < 4.78 is 7.41. The highest BCUT2D eigenvalue weighted by molar-refractivity contribution is 5.64. The molecule has 0 radical (unpaired) electrons. The van der Waals surface area contributed by atoms with Gasteiger partial charge in [-0.25, -0.2) is 4.98 Å². The van der Waals surface area contributed by atoms with Gasteiger partial charge < -0.3 is 20.6 Å². The highest BCUT2D eigenvalue weighted by atomic mass is 16.5. The summed E-state index contributed by atoms with van der Waals surface area (Å²) in [6.07, 6.45) is 3.59. The molecule has 0 aromatic carbocycles. The van der Waals surface area contributed by atoms with Crippen LogP contribution in [0.5, 0.6) is 0 Å². The molecular formula is C11H16N4O. The Morgan fingerprint density at radius 2 is 2.31 bits per heavy atom. The summed E-state index contributed by atoms with van der Waals surface area (Å²) in [7, 11) is 0. The quantitative estimate of drug-likeness (QED) is 0.798. The number of anilines is 1. The highest BCUT2D eigenvalue weighted by Crippen LogP contribution is 2.14. The highest BCUT2D eigenvalue weighted by Gasteiger charge is 2.04. The number of pyridine rings is 1. The first-order valence-electron chi connectivity index (χ1n) is 5.22. The third-order valence-corrected chi connectivity index (χ3v) is 2.29. The smallest absolute Gasteiger partial charge is 0.160 e. The second-order valence-electron chi connectivity index (χ2n) is 3.89. The van der Waals surface area contributed by atoms with Gasteiger partial charge in [0.1, 0.15) is 0 Å². The second-order valence-corrected chi connectivity index (χ2v) is 3.89. The van der Waals surface area contributed by atoms with Crippen LogP contribution in [0, 0.1) is 0 Å². The number of nitrogen functional groups attached to an aromatic ring is 1. The SMILES string of the molecule is CC(N)COCc1ccc(N)c2nccn12. The minimum absolute atomic E-state index is 0.0482. The van der Waals surface area contributed by atoms with Crippen LogP contribution in [-0.4, -0.2) is 22.0 Å². The van der Waals surface area contributed by atoms with E-state index in [0.717, 1.165) is 11.3 Å². The van der Waals surface area contributed by atoms with Crippen LogP contribution in [0.4, 0.5) is 5.69 Å². The molecule has 0 amide bonds. The summed E-state index contributed by atoms with van der Waals surface area (Å²) in [5.74, 6) is 0. The van der Waals surface area contributed by atoms with Gasteiger partial charge in [-0.15, -0.1) is 0 Å². The zero-order chi connectivity index (χ0) is 11.5. The molecule has 0 saturated carbocycles. The van der Waals surface area contributed by atoms with Crippen molar-refractivity contribution in [1.29, 1.82) is 0 Å². The largest absolute Gasteiger partial charge is 0.396 e. The zero-order valence-electron chi connectivity index (χ0n) is 9.26. The average Bonchev–Trinajstić information content (AvgIpc) is 2.70. The number of hydrogen-bond donors (Lipinski definition) is 2. The minimum atomic E-state index is 0.0482. The van der Waals surface area contributed by atoms with Crippen LogP contribution in [-0.2, 0) is 11.3 Å². The molecule has 0 spiro atoms. The fourth-order valence-electron chi connectivity index (χ4n) is 1.56. The van der Waals surface area contributed by atoms with Crippen LogP contribution >= 0.6 is 0 Å². The van der Waals surface area contributed by atoms with Crippen molar-refractivity contribution in [3.8, 4) is 0 Å². The van der Waals surface area contributed by atoms with Crippen molar-refractivity contribution in [1.82, 2.24) is 9.38 Å². The molecule has 2 aromatic rings. The topological polar surface area (TPSA) is 78.6 Å². The van der Waals surface area contributed by atoms with Gasteiger partial charge in [0.05, 0.1) is 24.6 Å². The normalized spacial score (nSPS) is 13.1. The van der Waals surface area contributed by atoms with Crippen LogP contribution in [0.2, 0.25) is 0 Å². The number of nitrogens with zero attached hydrogens (tertiary/aromatic N) is 2. The molecule has 1 unspecified atom stereocenters. The molecule has 2 rings (SSSR count). The Labute approximate surface area is 94.0 Å². The summed E-state index contributed by atoms with van der Waals surface area (Å²) in [5.41, 5.74) is 13.9. The molecule has 2 heterocycles. The number of fused-ring (bicyclic) bond motifs is 1. The van der Waals surface area contributed by atoms with Gasteiger partial charge in [-0.1, -0.05) is 0 Å². The maximum Gasteiger partial charge on any atom is 0.160 e. The lowest BCUT2D eigenvalue weighted by molar-refractivity contribution is 0.108. The lowest BCUT2D eigenvalue weighted by Crippen LogP contribution is -2.21. The van der Waals surface area contributed by atoms with E-state index in [-0.39, 0.29) is 6.04 Å². The Hall–Kier alpha value is -1.59. The van der Waals surface area contributed by atoms with Gasteiger partial charge in [0.15, 0.2) is 5.65 Å². The fourth-order valence-corrected chi connectivity index (χ4v) is 1.56. The van der Waals surface area contributed by atoms with E-state index in [1.165, 1.54) is 0 Å². The van der Waals surface area contributed by atoms with E-state index in [1.54, 1.807) is 6.20 Å². The molecule has 4 N–H and O–H groups in total. The summed E-state index contributed by atoms with van der Waals surface area (Å²) >= 11 is 0. The average molecular weight is 220 g/mol. The first kappa shape index (κ1) is 10.9. The molecule has 0 fully saturated rings. The summed E-state index contributed by atoms with van der Waals surface area (Å²) in [5, 5.41) is 0. The van der Waals surface area contributed by atoms with Crippen LogP contribution in [0.15, 0.2) is 24.5 Å². The van der Waals surface area contributed by atoms with Crippen molar-refractivity contribution in [3.63, 3.8) is 0 Å². The van der Waals surface area contributed by atoms with Gasteiger partial charge >= 0.3 is 0 Å². The van der Waals surface area contributed by atoms with Gasteiger partial charge in [0, 0.05) is 18.4 Å². The van der Waals surface area contributed by atoms with Crippen molar-refractivity contribution in [2.24, 2.45) is 5.73 Å². The van der Waals surface area contributed by atoms with Crippen molar-refractivity contribution in [2.45, 2.75) is 19.6 Å². The van der Waals surface area contributed by atoms with Crippen molar-refractivity contribution in [2.75, 3.05) is 12.3 Å². The molecule has 0 aliphatic heterocycles. The number of aromatic nitrogens is 2. The Morgan fingerprint density at radius 1 is 1.50 bits per heavy atom. The fraction of sp³-hybridized carbons (Fsp3) is 0.364. The van der Waals surface area contributed by atoms with Gasteiger partial charge in [0.2, 0.25) is 0 Å². The molecule has 0 aliphatic carbocycles. The van der Waals surface area contributed by atoms with Gasteiger partial charge in [0.25, 0.3) is 0 Å². The molecule has 0 bridgehead atoms. The van der Waals surface area contributed by atoms with E-state index in [4.69, 9.17) is 16.2 Å². The maximum atomic E-state index is 5.80. The summed E-state index contributed by atoms with van der Waals surface area (Å²) in [4.78, 5) is 4.18. The first-order valence-corrected chi connectivity index (χ1v) is 5.22. The number of rotatable bonds is 4. The van der Waals surface area contributed by atoms with Gasteiger partial charge in [-0.05, 0) is 19.1 Å². The van der Waals surface area contributed by atoms with Crippen molar-refractivity contribution < 1.29 is 4.74 Å². The number of nitrogens with two attached hydrogens (primary N) is 2. The molecule has 16 heavy (non-hydrogen) atoms. The number of imidazole rings is 1. The predicted molar refractivity (Wildman–Crippen MR) is 62.9 cm³/mol. The molecule has 1 atom stereocenters. The van der Waals surface area contributed by atoms with E-state index >= 15 is 0 Å². The Kier molecular flexibility index (Phi) is 3.07. The van der Waals surface area contributed by atoms with E-state index in [0.29, 0.717) is 18.9 Å². The van der Waals surface area contributed by atoms with Crippen LogP contribution in [0.25, 0.3) is 5.65 Å². The van der Waals surface area contributed by atoms with Crippen LogP contribution in [0.3, 0.4) is 0 Å². The monoisotopic (exact) mass is 220 g/mol. The van der Waals surface area contributed by atoms with Crippen molar-refractivity contribution >= 4 is 11.3 Å². The Balaban J connectivity index is 2.18. The molecule has 86 valence electrons. The Bertz CT molecular complexity index is 478. The summed E-state index contributed by atoms with van der Waals surface area (Å²) in [6, 6.07) is 3.82. The molecule has 5 nitrogen and oxygen atoms in total. The van der Waals surface area contributed by atoms with E-state index in [2.05, 4.69) is 4.98 Å². The zero-order valence-corrected chi connectivity index (χ0v) is 9.26. The van der Waals surface area contributed by atoms with Crippen molar-refractivity contribution in [3.05, 3.63) is 30.2 Å². The van der Waals surface area contributed by atoms with Crippen LogP contribution in [0.1, 0.15) is 12.6 Å². The van der Waals surface area contributed by atoms with E-state index in [1.807, 2.05) is 29.7 Å². The molecule has 2 aromatic heterocycles. The molecular weight excluding hydrogens is 204 g/mol. The van der Waals surface area contributed by atoms with E-state index < -0.39 is 0 Å². The lowest BCUT2D eigenvalue weighted by atomic mass is 10.3. The van der Waals surface area contributed by atoms with E-state index in [9.17, 15) is 0 Å². The van der Waals surface area contributed by atoms with Gasteiger partial charge in [-0.3, -0.25) is 0 Å². The number of hydrogen-bond acceptors (Lipinski definition) is 4. The second kappa shape index (κ2) is 4.51. The number of ether oxygens (including phenoxy) is 1. The standard InChI is InChI=1S/C11H16N4O/c1-8(12)6-16-7-9-2-3-10(13)11-14-4-5-15(9)11/h2-5,8H,6-7,12-13H2,1H3. The first-order chi connectivity index (χ1) is 7.68. The summed E-state index contributed by atoms with van der Waals surface area (Å²) in [6.45, 7) is 2.96. The van der Waals surface area contributed by atoms with Crippen LogP contribution < -0.4 is 11.5 Å². The third-order valence-electron chi connectivity index (χ3n) is 2.29. The Morgan fingerprint density at radius 3 is 3.06 bits per heavy atom. The maximum absolute atomic E-state index is 5.80. The third kappa shape index (κ3) is 2.15. The lowest BCUT2D eigenvalue weighted by Gasteiger charge is -2.09. The minimum Gasteiger partial charge on any atom is -0.396 e. The molecule has 5 heteroatoms. The van der Waals surface area contributed by atoms with Gasteiger partial charge in [-0.2, -0.15) is 0 Å². The molecule has 0 aliphatic rings. The predicted octanol–water partition coefficient (Wildman–Crippen LogP) is 0.780. The molecule has 0 saturated heterocycles.